The maximum absolute atomic E-state index is 12.7. The Labute approximate surface area is 165 Å². The number of hydrogen-bond donors (Lipinski definition) is 2. The number of H-pyrrole nitrogens is 1. The SMILES string of the molecule is COc1cc(CN2CCc3nc(N4CCCC(C)C4)[nH]c(=O)c3C2)ccc1O. The van der Waals surface area contributed by atoms with E-state index in [1.54, 1.807) is 13.2 Å². The molecule has 0 amide bonds. The van der Waals surface area contributed by atoms with Crippen LogP contribution in [0, 0.1) is 5.92 Å². The summed E-state index contributed by atoms with van der Waals surface area (Å²) in [5, 5.41) is 9.76. The summed E-state index contributed by atoms with van der Waals surface area (Å²) in [5.74, 6) is 1.96. The Bertz CT molecular complexity index is 911. The van der Waals surface area contributed by atoms with Crippen LogP contribution in [0.15, 0.2) is 23.0 Å². The molecule has 1 atom stereocenters. The standard InChI is InChI=1S/C21H28N4O3/c1-14-4-3-8-25(11-14)21-22-17-7-9-24(13-16(17)20(27)23-21)12-15-5-6-18(26)19(10-15)28-2/h5-6,10,14,26H,3-4,7-9,11-13H2,1-2H3,(H,22,23,27). The van der Waals surface area contributed by atoms with Gasteiger partial charge in [0.15, 0.2) is 11.5 Å². The average Bonchev–Trinajstić information content (AvgIpc) is 2.69. The molecule has 7 heteroatoms. The molecule has 0 bridgehead atoms. The van der Waals surface area contributed by atoms with Crippen LogP contribution in [0.25, 0.3) is 0 Å². The molecule has 1 aromatic heterocycles. The number of methoxy groups -OCH3 is 1. The number of ether oxygens (including phenoxy) is 1. The van der Waals surface area contributed by atoms with E-state index < -0.39 is 0 Å². The lowest BCUT2D eigenvalue weighted by atomic mass is 10.0. The molecule has 4 rings (SSSR count). The summed E-state index contributed by atoms with van der Waals surface area (Å²) in [6.45, 7) is 6.29. The predicted octanol–water partition coefficient (Wildman–Crippen LogP) is 2.28. The quantitative estimate of drug-likeness (QED) is 0.842. The monoisotopic (exact) mass is 384 g/mol. The van der Waals surface area contributed by atoms with E-state index in [9.17, 15) is 9.90 Å². The molecule has 1 saturated heterocycles. The Morgan fingerprint density at radius 2 is 2.21 bits per heavy atom. The van der Waals surface area contributed by atoms with Gasteiger partial charge in [0.05, 0.1) is 18.4 Å². The second-order valence-electron chi connectivity index (χ2n) is 7.98. The van der Waals surface area contributed by atoms with Crippen molar-refractivity contribution in [2.45, 2.75) is 39.3 Å². The number of rotatable bonds is 4. The van der Waals surface area contributed by atoms with Crippen molar-refractivity contribution < 1.29 is 9.84 Å². The highest BCUT2D eigenvalue weighted by Gasteiger charge is 2.24. The normalized spacial score (nSPS) is 20.1. The highest BCUT2D eigenvalue weighted by Crippen LogP contribution is 2.28. The Balaban J connectivity index is 1.50. The molecule has 1 aromatic carbocycles. The van der Waals surface area contributed by atoms with Crippen molar-refractivity contribution in [2.75, 3.05) is 31.6 Å². The molecule has 2 aliphatic rings. The van der Waals surface area contributed by atoms with Crippen LogP contribution in [0.5, 0.6) is 11.5 Å². The van der Waals surface area contributed by atoms with Gasteiger partial charge in [-0.25, -0.2) is 4.98 Å². The number of phenols is 1. The minimum atomic E-state index is -0.0220. The number of benzene rings is 1. The smallest absolute Gasteiger partial charge is 0.257 e. The molecule has 3 heterocycles. The van der Waals surface area contributed by atoms with Gasteiger partial charge in [-0.1, -0.05) is 13.0 Å². The zero-order chi connectivity index (χ0) is 19.7. The Hall–Kier alpha value is -2.54. The fourth-order valence-corrected chi connectivity index (χ4v) is 4.21. The van der Waals surface area contributed by atoms with Crippen molar-refractivity contribution in [1.29, 1.82) is 0 Å². The van der Waals surface area contributed by atoms with Gasteiger partial charge in [-0.3, -0.25) is 14.7 Å². The molecule has 28 heavy (non-hydrogen) atoms. The molecule has 0 radical (unpaired) electrons. The van der Waals surface area contributed by atoms with E-state index in [1.165, 1.54) is 6.42 Å². The van der Waals surface area contributed by atoms with Gasteiger partial charge in [-0.15, -0.1) is 0 Å². The third kappa shape index (κ3) is 3.85. The maximum atomic E-state index is 12.7. The van der Waals surface area contributed by atoms with E-state index >= 15 is 0 Å². The second kappa shape index (κ2) is 7.83. The number of aromatic nitrogens is 2. The molecule has 150 valence electrons. The van der Waals surface area contributed by atoms with Crippen LogP contribution in [0.4, 0.5) is 5.95 Å². The summed E-state index contributed by atoms with van der Waals surface area (Å²) >= 11 is 0. The van der Waals surface area contributed by atoms with Crippen molar-refractivity contribution in [2.24, 2.45) is 5.92 Å². The molecule has 7 nitrogen and oxygen atoms in total. The molecule has 2 aromatic rings. The molecular weight excluding hydrogens is 356 g/mol. The van der Waals surface area contributed by atoms with E-state index in [4.69, 9.17) is 9.72 Å². The summed E-state index contributed by atoms with van der Waals surface area (Å²) in [4.78, 5) is 25.0. The molecular formula is C21H28N4O3. The second-order valence-corrected chi connectivity index (χ2v) is 7.98. The minimum absolute atomic E-state index is 0.0220. The van der Waals surface area contributed by atoms with E-state index in [2.05, 4.69) is 21.7 Å². The van der Waals surface area contributed by atoms with E-state index in [0.29, 0.717) is 24.8 Å². The number of phenolic OH excluding ortho intramolecular Hbond substituents is 1. The Morgan fingerprint density at radius 3 is 3.00 bits per heavy atom. The van der Waals surface area contributed by atoms with Crippen LogP contribution in [0.1, 0.15) is 36.6 Å². The number of nitrogens with one attached hydrogen (secondary N) is 1. The average molecular weight is 384 g/mol. The van der Waals surface area contributed by atoms with Gasteiger partial charge in [0.2, 0.25) is 5.95 Å². The van der Waals surface area contributed by atoms with Crippen molar-refractivity contribution in [1.82, 2.24) is 14.9 Å². The summed E-state index contributed by atoms with van der Waals surface area (Å²) in [5.41, 5.74) is 2.72. The van der Waals surface area contributed by atoms with E-state index in [0.717, 1.165) is 55.2 Å². The summed E-state index contributed by atoms with van der Waals surface area (Å²) in [7, 11) is 1.54. The van der Waals surface area contributed by atoms with Crippen LogP contribution in [0.2, 0.25) is 0 Å². The molecule has 1 unspecified atom stereocenters. The van der Waals surface area contributed by atoms with Crippen LogP contribution in [-0.2, 0) is 19.5 Å². The van der Waals surface area contributed by atoms with Crippen LogP contribution < -0.4 is 15.2 Å². The van der Waals surface area contributed by atoms with Crippen LogP contribution >= 0.6 is 0 Å². The number of nitrogens with zero attached hydrogens (tertiary/aromatic N) is 3. The molecule has 1 fully saturated rings. The summed E-state index contributed by atoms with van der Waals surface area (Å²) < 4.78 is 5.19. The zero-order valence-electron chi connectivity index (χ0n) is 16.6. The highest BCUT2D eigenvalue weighted by atomic mass is 16.5. The fourth-order valence-electron chi connectivity index (χ4n) is 4.21. The first-order valence-electron chi connectivity index (χ1n) is 9.98. The van der Waals surface area contributed by atoms with Gasteiger partial charge in [-0.05, 0) is 36.5 Å². The minimum Gasteiger partial charge on any atom is -0.504 e. The van der Waals surface area contributed by atoms with Gasteiger partial charge < -0.3 is 14.7 Å². The largest absolute Gasteiger partial charge is 0.504 e. The van der Waals surface area contributed by atoms with Crippen molar-refractivity contribution >= 4 is 5.95 Å². The first-order chi connectivity index (χ1) is 13.5. The first-order valence-corrected chi connectivity index (χ1v) is 9.98. The third-order valence-corrected chi connectivity index (χ3v) is 5.74. The molecule has 2 aliphatic heterocycles. The Morgan fingerprint density at radius 1 is 1.36 bits per heavy atom. The number of hydrogen-bond acceptors (Lipinski definition) is 6. The van der Waals surface area contributed by atoms with E-state index in [1.807, 2.05) is 12.1 Å². The predicted molar refractivity (Wildman–Crippen MR) is 108 cm³/mol. The van der Waals surface area contributed by atoms with E-state index in [-0.39, 0.29) is 11.3 Å². The highest BCUT2D eigenvalue weighted by molar-refractivity contribution is 5.42. The van der Waals surface area contributed by atoms with Crippen LogP contribution in [0.3, 0.4) is 0 Å². The number of aromatic amines is 1. The molecule has 0 saturated carbocycles. The summed E-state index contributed by atoms with van der Waals surface area (Å²) in [6, 6.07) is 5.37. The lowest BCUT2D eigenvalue weighted by Crippen LogP contribution is -2.39. The maximum Gasteiger partial charge on any atom is 0.257 e. The Kier molecular flexibility index (Phi) is 5.26. The van der Waals surface area contributed by atoms with Gasteiger partial charge in [-0.2, -0.15) is 0 Å². The van der Waals surface area contributed by atoms with Crippen LogP contribution in [-0.4, -0.2) is 46.7 Å². The molecule has 2 N–H and O–H groups in total. The van der Waals surface area contributed by atoms with Gasteiger partial charge in [0.1, 0.15) is 0 Å². The van der Waals surface area contributed by atoms with Gasteiger partial charge in [0.25, 0.3) is 5.56 Å². The topological polar surface area (TPSA) is 81.7 Å². The molecule has 0 spiro atoms. The van der Waals surface area contributed by atoms with Crippen molar-refractivity contribution in [3.8, 4) is 11.5 Å². The fraction of sp³-hybridized carbons (Fsp3) is 0.524. The van der Waals surface area contributed by atoms with Gasteiger partial charge in [0, 0.05) is 39.1 Å². The van der Waals surface area contributed by atoms with Crippen molar-refractivity contribution in [3.05, 3.63) is 45.4 Å². The zero-order valence-corrected chi connectivity index (χ0v) is 16.6. The van der Waals surface area contributed by atoms with Crippen molar-refractivity contribution in [3.63, 3.8) is 0 Å². The molecule has 0 aliphatic carbocycles. The number of fused-ring (bicyclic) bond motifs is 1. The third-order valence-electron chi connectivity index (χ3n) is 5.74. The lowest BCUT2D eigenvalue weighted by Gasteiger charge is -2.33. The lowest BCUT2D eigenvalue weighted by molar-refractivity contribution is 0.241. The number of anilines is 1. The first kappa shape index (κ1) is 18.8. The number of aromatic hydroxyl groups is 1. The number of piperidine rings is 1. The van der Waals surface area contributed by atoms with Gasteiger partial charge >= 0.3 is 0 Å². The summed E-state index contributed by atoms with van der Waals surface area (Å²) in [6.07, 6.45) is 3.15.